The Hall–Kier alpha value is -2.16. The Morgan fingerprint density at radius 3 is 2.83 bits per heavy atom. The van der Waals surface area contributed by atoms with Crippen molar-refractivity contribution in [3.05, 3.63) is 47.0 Å². The average Bonchev–Trinajstić information content (AvgIpc) is 2.56. The number of hydrogen-bond acceptors (Lipinski definition) is 4. The maximum Gasteiger partial charge on any atom is 0.251 e. The maximum absolute atomic E-state index is 12.3. The van der Waals surface area contributed by atoms with E-state index in [1.54, 1.807) is 24.3 Å². The highest BCUT2D eigenvalue weighted by Gasteiger charge is 2.28. The van der Waals surface area contributed by atoms with Crippen molar-refractivity contribution in [1.82, 2.24) is 5.32 Å². The summed E-state index contributed by atoms with van der Waals surface area (Å²) in [7, 11) is 0. The summed E-state index contributed by atoms with van der Waals surface area (Å²) in [4.78, 5) is 12.3. The van der Waals surface area contributed by atoms with Crippen LogP contribution in [0.2, 0.25) is 0 Å². The van der Waals surface area contributed by atoms with Crippen LogP contribution < -0.4 is 5.32 Å². The molecule has 0 unspecified atom stereocenters. The number of nitrogens with zero attached hydrogens (tertiary/aromatic N) is 1. The van der Waals surface area contributed by atoms with Gasteiger partial charge in [-0.1, -0.05) is 11.6 Å². The Morgan fingerprint density at radius 1 is 1.43 bits per heavy atom. The number of nitrogens with one attached hydrogen (secondary N) is 1. The van der Waals surface area contributed by atoms with E-state index in [-0.39, 0.29) is 18.1 Å². The molecule has 2 rings (SSSR count). The third kappa shape index (κ3) is 5.20. The fraction of sp³-hybridized carbons (Fsp3) is 0.444. The quantitative estimate of drug-likeness (QED) is 0.847. The third-order valence-electron chi connectivity index (χ3n) is 3.69. The third-order valence-corrected chi connectivity index (χ3v) is 3.69. The van der Waals surface area contributed by atoms with E-state index in [4.69, 9.17) is 14.7 Å². The molecule has 1 saturated heterocycles. The topological polar surface area (TPSA) is 71.3 Å². The zero-order chi connectivity index (χ0) is 16.7. The molecule has 0 radical (unpaired) electrons. The van der Waals surface area contributed by atoms with E-state index >= 15 is 0 Å². The van der Waals surface area contributed by atoms with Gasteiger partial charge in [-0.25, -0.2) is 0 Å². The first-order valence-electron chi connectivity index (χ1n) is 7.74. The first-order chi connectivity index (χ1) is 11.1. The second kappa shape index (κ2) is 8.47. The van der Waals surface area contributed by atoms with Crippen LogP contribution in [0.5, 0.6) is 0 Å². The van der Waals surface area contributed by atoms with Gasteiger partial charge in [0, 0.05) is 12.2 Å². The molecule has 1 aromatic rings. The Bertz CT molecular complexity index is 598. The molecule has 2 atom stereocenters. The van der Waals surface area contributed by atoms with E-state index in [0.29, 0.717) is 30.9 Å². The largest absolute Gasteiger partial charge is 0.379 e. The molecule has 1 fully saturated rings. The van der Waals surface area contributed by atoms with Gasteiger partial charge in [-0.3, -0.25) is 4.79 Å². The lowest BCUT2D eigenvalue weighted by atomic mass is 10.1. The summed E-state index contributed by atoms with van der Waals surface area (Å²) in [5.41, 5.74) is 2.26. The van der Waals surface area contributed by atoms with Crippen molar-refractivity contribution in [2.45, 2.75) is 32.4 Å². The number of allylic oxidation sites excluding steroid dienone is 1. The summed E-state index contributed by atoms with van der Waals surface area (Å²) >= 11 is 0. The molecule has 1 aromatic carbocycles. The second-order valence-corrected chi connectivity index (χ2v) is 5.79. The maximum atomic E-state index is 12.3. The monoisotopic (exact) mass is 314 g/mol. The number of carbonyl (C=O) groups excluding carboxylic acids is 1. The average molecular weight is 314 g/mol. The molecule has 23 heavy (non-hydrogen) atoms. The van der Waals surface area contributed by atoms with Gasteiger partial charge in [0.1, 0.15) is 0 Å². The molecule has 0 saturated carbocycles. The van der Waals surface area contributed by atoms with Crippen molar-refractivity contribution >= 4 is 5.91 Å². The van der Waals surface area contributed by atoms with E-state index < -0.39 is 0 Å². The lowest BCUT2D eigenvalue weighted by Crippen LogP contribution is -2.50. The molecular formula is C18H22N2O3. The van der Waals surface area contributed by atoms with Crippen LogP contribution >= 0.6 is 0 Å². The van der Waals surface area contributed by atoms with Gasteiger partial charge in [-0.2, -0.15) is 5.26 Å². The zero-order valence-corrected chi connectivity index (χ0v) is 13.5. The van der Waals surface area contributed by atoms with Crippen molar-refractivity contribution in [3.8, 4) is 6.07 Å². The summed E-state index contributed by atoms with van der Waals surface area (Å²) in [6.45, 7) is 5.68. The van der Waals surface area contributed by atoms with Crippen molar-refractivity contribution < 1.29 is 14.3 Å². The summed E-state index contributed by atoms with van der Waals surface area (Å²) < 4.78 is 11.3. The molecule has 1 aliphatic rings. The number of carbonyl (C=O) groups is 1. The minimum absolute atomic E-state index is 0.0540. The SMILES string of the molecule is CC(C)=CCO[C@@H]1CCOC[C@@H]1NC(=O)c1ccc(C#N)cc1. The number of benzene rings is 1. The second-order valence-electron chi connectivity index (χ2n) is 5.79. The highest BCUT2D eigenvalue weighted by molar-refractivity contribution is 5.94. The smallest absolute Gasteiger partial charge is 0.251 e. The van der Waals surface area contributed by atoms with Gasteiger partial charge in [-0.15, -0.1) is 0 Å². The number of rotatable bonds is 5. The van der Waals surface area contributed by atoms with Crippen LogP contribution in [0.15, 0.2) is 35.9 Å². The molecule has 5 heteroatoms. The first kappa shape index (κ1) is 17.2. The van der Waals surface area contributed by atoms with Crippen LogP contribution in [-0.4, -0.2) is 37.9 Å². The summed E-state index contributed by atoms with van der Waals surface area (Å²) in [5, 5.41) is 11.8. The summed E-state index contributed by atoms with van der Waals surface area (Å²) in [6.07, 6.45) is 2.73. The summed E-state index contributed by atoms with van der Waals surface area (Å²) in [6, 6.07) is 8.43. The van der Waals surface area contributed by atoms with Crippen LogP contribution in [0.4, 0.5) is 0 Å². The van der Waals surface area contributed by atoms with Crippen LogP contribution in [-0.2, 0) is 9.47 Å². The minimum atomic E-state index is -0.180. The first-order valence-corrected chi connectivity index (χ1v) is 7.74. The highest BCUT2D eigenvalue weighted by atomic mass is 16.5. The van der Waals surface area contributed by atoms with Gasteiger partial charge in [0.2, 0.25) is 0 Å². The van der Waals surface area contributed by atoms with Gasteiger partial charge in [0.25, 0.3) is 5.91 Å². The Labute approximate surface area is 136 Å². The van der Waals surface area contributed by atoms with E-state index in [1.807, 2.05) is 26.0 Å². The normalized spacial score (nSPS) is 20.4. The predicted octanol–water partition coefficient (Wildman–Crippen LogP) is 2.43. The molecule has 0 bridgehead atoms. The molecule has 1 aliphatic heterocycles. The zero-order valence-electron chi connectivity index (χ0n) is 13.5. The number of hydrogen-bond donors (Lipinski definition) is 1. The highest BCUT2D eigenvalue weighted by Crippen LogP contribution is 2.13. The number of amides is 1. The standard InChI is InChI=1S/C18H22N2O3/c1-13(2)7-10-23-17-8-9-22-12-16(17)20-18(21)15-5-3-14(11-19)4-6-15/h3-7,16-17H,8-10,12H2,1-2H3,(H,20,21)/t16-,17+/m0/s1. The molecule has 0 aliphatic carbocycles. The van der Waals surface area contributed by atoms with E-state index in [1.165, 1.54) is 5.57 Å². The molecule has 5 nitrogen and oxygen atoms in total. The van der Waals surface area contributed by atoms with Crippen molar-refractivity contribution in [3.63, 3.8) is 0 Å². The fourth-order valence-corrected chi connectivity index (χ4v) is 2.34. The van der Waals surface area contributed by atoms with Gasteiger partial charge in [0.15, 0.2) is 0 Å². The van der Waals surface area contributed by atoms with E-state index in [0.717, 1.165) is 6.42 Å². The molecule has 1 N–H and O–H groups in total. The molecule has 0 spiro atoms. The van der Waals surface area contributed by atoms with E-state index in [2.05, 4.69) is 5.32 Å². The minimum Gasteiger partial charge on any atom is -0.379 e. The molecule has 0 aromatic heterocycles. The Balaban J connectivity index is 1.96. The Morgan fingerprint density at radius 2 is 2.17 bits per heavy atom. The van der Waals surface area contributed by atoms with Crippen LogP contribution in [0.3, 0.4) is 0 Å². The van der Waals surface area contributed by atoms with Crippen molar-refractivity contribution in [2.75, 3.05) is 19.8 Å². The molecule has 122 valence electrons. The summed E-state index contributed by atoms with van der Waals surface area (Å²) in [5.74, 6) is -0.180. The molecule has 1 amide bonds. The van der Waals surface area contributed by atoms with E-state index in [9.17, 15) is 4.79 Å². The fourth-order valence-electron chi connectivity index (χ4n) is 2.34. The van der Waals surface area contributed by atoms with Crippen molar-refractivity contribution in [2.24, 2.45) is 0 Å². The van der Waals surface area contributed by atoms with Gasteiger partial charge in [-0.05, 0) is 44.5 Å². The predicted molar refractivity (Wildman–Crippen MR) is 87.0 cm³/mol. The van der Waals surface area contributed by atoms with Gasteiger partial charge < -0.3 is 14.8 Å². The molecular weight excluding hydrogens is 292 g/mol. The lowest BCUT2D eigenvalue weighted by molar-refractivity contribution is -0.0457. The Kier molecular flexibility index (Phi) is 6.33. The van der Waals surface area contributed by atoms with Crippen molar-refractivity contribution in [1.29, 1.82) is 5.26 Å². The number of nitriles is 1. The lowest BCUT2D eigenvalue weighted by Gasteiger charge is -2.31. The number of ether oxygens (including phenoxy) is 2. The van der Waals surface area contributed by atoms with Gasteiger partial charge >= 0.3 is 0 Å². The van der Waals surface area contributed by atoms with Crippen LogP contribution in [0, 0.1) is 11.3 Å². The van der Waals surface area contributed by atoms with Crippen LogP contribution in [0.25, 0.3) is 0 Å². The molecule has 1 heterocycles. The van der Waals surface area contributed by atoms with Crippen LogP contribution in [0.1, 0.15) is 36.2 Å². The van der Waals surface area contributed by atoms with Gasteiger partial charge in [0.05, 0.1) is 37.0 Å².